The third-order valence-electron chi connectivity index (χ3n) is 4.29. The van der Waals surface area contributed by atoms with Crippen LogP contribution >= 0.6 is 0 Å². The fourth-order valence-electron chi connectivity index (χ4n) is 2.85. The summed E-state index contributed by atoms with van der Waals surface area (Å²) >= 11 is 0. The van der Waals surface area contributed by atoms with Crippen molar-refractivity contribution < 1.29 is 14.3 Å². The summed E-state index contributed by atoms with van der Waals surface area (Å²) in [5.74, 6) is -0.948. The number of aryl methyl sites for hydroxylation is 1. The molecule has 0 aliphatic rings. The van der Waals surface area contributed by atoms with Gasteiger partial charge in [0.25, 0.3) is 5.91 Å². The number of aromatic nitrogens is 1. The number of nitriles is 1. The van der Waals surface area contributed by atoms with E-state index in [4.69, 9.17) is 0 Å². The Kier molecular flexibility index (Phi) is 6.56. The van der Waals surface area contributed by atoms with Crippen LogP contribution in [0.15, 0.2) is 35.9 Å². The number of ether oxygens (including phenoxy) is 1. The van der Waals surface area contributed by atoms with Gasteiger partial charge in [0.05, 0.1) is 12.7 Å². The van der Waals surface area contributed by atoms with E-state index in [2.05, 4.69) is 21.5 Å². The Morgan fingerprint density at radius 1 is 1.26 bits per heavy atom. The lowest BCUT2D eigenvalue weighted by Crippen LogP contribution is -2.13. The Morgan fingerprint density at radius 2 is 1.93 bits per heavy atom. The zero-order valence-electron chi connectivity index (χ0n) is 16.0. The molecule has 6 heteroatoms. The molecule has 1 aromatic heterocycles. The van der Waals surface area contributed by atoms with Gasteiger partial charge in [-0.05, 0) is 62.2 Å². The number of methoxy groups -OCH3 is 1. The zero-order chi connectivity index (χ0) is 20.0. The van der Waals surface area contributed by atoms with Crippen LogP contribution in [0.2, 0.25) is 0 Å². The predicted molar refractivity (Wildman–Crippen MR) is 104 cm³/mol. The van der Waals surface area contributed by atoms with E-state index in [9.17, 15) is 14.9 Å². The van der Waals surface area contributed by atoms with Crippen molar-refractivity contribution in [3.05, 3.63) is 58.4 Å². The van der Waals surface area contributed by atoms with Crippen LogP contribution in [-0.4, -0.2) is 23.6 Å². The minimum atomic E-state index is -0.497. The van der Waals surface area contributed by atoms with Crippen LogP contribution in [0.1, 0.15) is 40.7 Å². The molecule has 0 aliphatic heterocycles. The van der Waals surface area contributed by atoms with Gasteiger partial charge in [-0.25, -0.2) is 4.79 Å². The summed E-state index contributed by atoms with van der Waals surface area (Å²) in [4.78, 5) is 23.9. The molecule has 2 rings (SSSR count). The van der Waals surface area contributed by atoms with Crippen LogP contribution in [0.25, 0.3) is 6.08 Å². The third-order valence-corrected chi connectivity index (χ3v) is 4.29. The average Bonchev–Trinajstić information content (AvgIpc) is 2.93. The fraction of sp³-hybridized carbons (Fsp3) is 0.286. The van der Waals surface area contributed by atoms with Crippen LogP contribution < -0.4 is 5.32 Å². The number of benzene rings is 1. The molecule has 0 saturated carbocycles. The van der Waals surface area contributed by atoms with Gasteiger partial charge in [0.2, 0.25) is 0 Å². The highest BCUT2D eigenvalue weighted by atomic mass is 16.5. The van der Waals surface area contributed by atoms with Crippen molar-refractivity contribution in [2.24, 2.45) is 0 Å². The topological polar surface area (TPSA) is 84.1 Å². The minimum Gasteiger partial charge on any atom is -0.465 e. The molecule has 27 heavy (non-hydrogen) atoms. The molecule has 6 nitrogen and oxygen atoms in total. The quantitative estimate of drug-likeness (QED) is 0.479. The van der Waals surface area contributed by atoms with E-state index in [1.807, 2.05) is 26.0 Å². The van der Waals surface area contributed by atoms with Gasteiger partial charge in [0.15, 0.2) is 0 Å². The summed E-state index contributed by atoms with van der Waals surface area (Å²) < 4.78 is 6.81. The van der Waals surface area contributed by atoms with E-state index in [1.165, 1.54) is 7.11 Å². The highest BCUT2D eigenvalue weighted by Gasteiger charge is 2.13. The predicted octanol–water partition coefficient (Wildman–Crippen LogP) is 3.85. The van der Waals surface area contributed by atoms with Crippen molar-refractivity contribution in [2.45, 2.75) is 33.7 Å². The van der Waals surface area contributed by atoms with Crippen molar-refractivity contribution in [3.8, 4) is 6.07 Å². The number of rotatable bonds is 6. The van der Waals surface area contributed by atoms with Gasteiger partial charge < -0.3 is 14.6 Å². The van der Waals surface area contributed by atoms with Crippen molar-refractivity contribution in [1.29, 1.82) is 5.26 Å². The van der Waals surface area contributed by atoms with Gasteiger partial charge >= 0.3 is 5.97 Å². The first-order valence-corrected chi connectivity index (χ1v) is 8.69. The molecule has 0 atom stereocenters. The molecule has 2 aromatic rings. The van der Waals surface area contributed by atoms with Gasteiger partial charge in [-0.2, -0.15) is 5.26 Å². The number of carbonyl (C=O) groups is 2. The summed E-state index contributed by atoms with van der Waals surface area (Å²) in [6, 6.07) is 10.2. The molecule has 0 spiro atoms. The van der Waals surface area contributed by atoms with Crippen LogP contribution in [0.4, 0.5) is 5.69 Å². The van der Waals surface area contributed by atoms with E-state index in [1.54, 1.807) is 30.3 Å². The minimum absolute atomic E-state index is 0.0174. The SMILES string of the molecule is CCCn1c(C)cc(/C=C(\C#N)C(=O)Nc2ccc(C(=O)OC)cc2)c1C. The van der Waals surface area contributed by atoms with Crippen LogP contribution in [0.3, 0.4) is 0 Å². The second-order valence-corrected chi connectivity index (χ2v) is 6.17. The molecule has 0 fully saturated rings. The standard InChI is InChI=1S/C21H23N3O3/c1-5-10-24-14(2)11-17(15(24)3)12-18(13-22)20(25)23-19-8-6-16(7-9-19)21(26)27-4/h6-9,11-12H,5,10H2,1-4H3,(H,23,25)/b18-12+. The first-order valence-electron chi connectivity index (χ1n) is 8.69. The van der Waals surface area contributed by atoms with E-state index < -0.39 is 11.9 Å². The molecule has 1 N–H and O–H groups in total. The van der Waals surface area contributed by atoms with Crippen LogP contribution in [0.5, 0.6) is 0 Å². The lowest BCUT2D eigenvalue weighted by Gasteiger charge is -2.07. The van der Waals surface area contributed by atoms with Crippen molar-refractivity contribution in [3.63, 3.8) is 0 Å². The number of nitrogens with zero attached hydrogens (tertiary/aromatic N) is 2. The van der Waals surface area contributed by atoms with Gasteiger partial charge in [0, 0.05) is 23.6 Å². The number of nitrogens with one attached hydrogen (secondary N) is 1. The smallest absolute Gasteiger partial charge is 0.337 e. The molecule has 0 unspecified atom stereocenters. The maximum Gasteiger partial charge on any atom is 0.337 e. The van der Waals surface area contributed by atoms with Gasteiger partial charge in [0.1, 0.15) is 11.6 Å². The van der Waals surface area contributed by atoms with E-state index in [-0.39, 0.29) is 5.57 Å². The second-order valence-electron chi connectivity index (χ2n) is 6.17. The Morgan fingerprint density at radius 3 is 2.48 bits per heavy atom. The number of hydrogen-bond acceptors (Lipinski definition) is 4. The molecule has 1 heterocycles. The monoisotopic (exact) mass is 365 g/mol. The Balaban J connectivity index is 2.21. The largest absolute Gasteiger partial charge is 0.465 e. The molecular weight excluding hydrogens is 342 g/mol. The lowest BCUT2D eigenvalue weighted by atomic mass is 10.1. The Bertz CT molecular complexity index is 915. The second kappa shape index (κ2) is 8.86. The number of carbonyl (C=O) groups excluding carboxylic acids is 2. The lowest BCUT2D eigenvalue weighted by molar-refractivity contribution is -0.112. The molecular formula is C21H23N3O3. The van der Waals surface area contributed by atoms with Crippen LogP contribution in [0, 0.1) is 25.2 Å². The molecule has 0 bridgehead atoms. The van der Waals surface area contributed by atoms with Gasteiger partial charge in [-0.15, -0.1) is 0 Å². The van der Waals surface area contributed by atoms with Gasteiger partial charge in [-0.3, -0.25) is 4.79 Å². The first kappa shape index (κ1) is 20.0. The van der Waals surface area contributed by atoms with Crippen molar-refractivity contribution >= 4 is 23.6 Å². The summed E-state index contributed by atoms with van der Waals surface area (Å²) in [6.07, 6.45) is 2.61. The highest BCUT2D eigenvalue weighted by molar-refractivity contribution is 6.09. The number of hydrogen-bond donors (Lipinski definition) is 1. The molecule has 0 radical (unpaired) electrons. The molecule has 0 saturated heterocycles. The number of anilines is 1. The van der Waals surface area contributed by atoms with Crippen molar-refractivity contribution in [2.75, 3.05) is 12.4 Å². The number of amides is 1. The first-order chi connectivity index (χ1) is 12.9. The van der Waals surface area contributed by atoms with E-state index in [0.29, 0.717) is 11.3 Å². The molecule has 0 aliphatic carbocycles. The van der Waals surface area contributed by atoms with Gasteiger partial charge in [-0.1, -0.05) is 6.92 Å². The van der Waals surface area contributed by atoms with Crippen LogP contribution in [-0.2, 0) is 16.1 Å². The summed E-state index contributed by atoms with van der Waals surface area (Å²) in [7, 11) is 1.31. The Labute approximate surface area is 159 Å². The highest BCUT2D eigenvalue weighted by Crippen LogP contribution is 2.19. The maximum absolute atomic E-state index is 12.5. The van der Waals surface area contributed by atoms with Crippen molar-refractivity contribution in [1.82, 2.24) is 4.57 Å². The summed E-state index contributed by atoms with van der Waals surface area (Å²) in [6.45, 7) is 6.99. The fourth-order valence-corrected chi connectivity index (χ4v) is 2.85. The normalized spacial score (nSPS) is 11.0. The average molecular weight is 365 g/mol. The summed E-state index contributed by atoms with van der Waals surface area (Å²) in [5, 5.41) is 12.1. The van der Waals surface area contributed by atoms with E-state index in [0.717, 1.165) is 29.9 Å². The number of esters is 1. The maximum atomic E-state index is 12.5. The molecule has 1 amide bonds. The Hall–Kier alpha value is -3.33. The third kappa shape index (κ3) is 4.64. The zero-order valence-corrected chi connectivity index (χ0v) is 16.0. The molecule has 140 valence electrons. The summed E-state index contributed by atoms with van der Waals surface area (Å²) in [5.41, 5.74) is 3.87. The molecule has 1 aromatic carbocycles. The van der Waals surface area contributed by atoms with E-state index >= 15 is 0 Å².